The van der Waals surface area contributed by atoms with Crippen molar-refractivity contribution in [1.82, 2.24) is 5.32 Å². The van der Waals surface area contributed by atoms with Crippen LogP contribution in [0.3, 0.4) is 0 Å². The molecule has 3 fully saturated rings. The highest BCUT2D eigenvalue weighted by Gasteiger charge is 2.64. The van der Waals surface area contributed by atoms with E-state index in [2.05, 4.69) is 40.3 Å². The van der Waals surface area contributed by atoms with E-state index in [9.17, 15) is 0 Å². The van der Waals surface area contributed by atoms with Crippen LogP contribution in [0.2, 0.25) is 5.02 Å². The maximum Gasteiger partial charge on any atom is 0.0464 e. The molecule has 0 spiro atoms. The second kappa shape index (κ2) is 4.47. The number of benzene rings is 1. The van der Waals surface area contributed by atoms with Gasteiger partial charge in [-0.15, -0.1) is 0 Å². The van der Waals surface area contributed by atoms with Gasteiger partial charge in [0.25, 0.3) is 0 Å². The van der Waals surface area contributed by atoms with Crippen molar-refractivity contribution in [1.29, 1.82) is 0 Å². The van der Waals surface area contributed by atoms with E-state index in [0.29, 0.717) is 6.04 Å². The molecule has 19 heavy (non-hydrogen) atoms. The van der Waals surface area contributed by atoms with Crippen molar-refractivity contribution in [2.24, 2.45) is 23.7 Å². The van der Waals surface area contributed by atoms with Gasteiger partial charge in [-0.05, 0) is 67.6 Å². The topological polar surface area (TPSA) is 12.0 Å². The molecule has 3 aliphatic carbocycles. The van der Waals surface area contributed by atoms with Crippen LogP contribution in [0.25, 0.3) is 0 Å². The van der Waals surface area contributed by atoms with Gasteiger partial charge < -0.3 is 5.32 Å². The van der Waals surface area contributed by atoms with Crippen molar-refractivity contribution < 1.29 is 0 Å². The summed E-state index contributed by atoms with van der Waals surface area (Å²) in [6, 6.07) is 7.33. The molecule has 4 rings (SSSR count). The van der Waals surface area contributed by atoms with Crippen LogP contribution in [0.1, 0.15) is 37.8 Å². The fourth-order valence-corrected chi connectivity index (χ4v) is 5.62. The Kier molecular flexibility index (Phi) is 2.98. The van der Waals surface area contributed by atoms with Gasteiger partial charge >= 0.3 is 0 Å². The molecule has 3 saturated carbocycles. The molecule has 1 aromatic rings. The maximum atomic E-state index is 6.35. The molecule has 0 aromatic heterocycles. The molecule has 0 radical (unpaired) electrons. The highest BCUT2D eigenvalue weighted by atomic mass is 79.9. The van der Waals surface area contributed by atoms with Crippen molar-refractivity contribution in [3.63, 3.8) is 0 Å². The Hall–Kier alpha value is -0.0500. The van der Waals surface area contributed by atoms with E-state index in [1.807, 2.05) is 6.07 Å². The van der Waals surface area contributed by atoms with Crippen molar-refractivity contribution in [3.8, 4) is 0 Å². The summed E-state index contributed by atoms with van der Waals surface area (Å²) >= 11 is 9.82. The van der Waals surface area contributed by atoms with Gasteiger partial charge in [0, 0.05) is 21.6 Å². The zero-order valence-electron chi connectivity index (χ0n) is 11.1. The minimum absolute atomic E-state index is 0.357. The standard InChI is InChI=1S/C16H19BrClN/c1-8(12-5-4-11(17)7-13(12)18)19-16-14-9-2-3-10(6-9)15(14)16/h4-5,7-10,14-16,19H,2-3,6H2,1H3. The third-order valence-electron chi connectivity index (χ3n) is 5.61. The normalized spacial score (nSPS) is 40.3. The average molecular weight is 341 g/mol. The highest BCUT2D eigenvalue weighted by molar-refractivity contribution is 9.10. The molecule has 3 heteroatoms. The van der Waals surface area contributed by atoms with E-state index in [1.165, 1.54) is 24.8 Å². The number of fused-ring (bicyclic) bond motifs is 5. The molecule has 5 unspecified atom stereocenters. The Morgan fingerprint density at radius 1 is 1.26 bits per heavy atom. The van der Waals surface area contributed by atoms with Gasteiger partial charge in [0.1, 0.15) is 0 Å². The maximum absolute atomic E-state index is 6.35. The summed E-state index contributed by atoms with van der Waals surface area (Å²) in [5.74, 6) is 4.02. The van der Waals surface area contributed by atoms with Gasteiger partial charge in [-0.25, -0.2) is 0 Å². The van der Waals surface area contributed by atoms with Crippen molar-refractivity contribution in [2.75, 3.05) is 0 Å². The molecule has 0 heterocycles. The second-order valence-electron chi connectivity index (χ2n) is 6.57. The molecule has 1 N–H and O–H groups in total. The van der Waals surface area contributed by atoms with Gasteiger partial charge in [-0.1, -0.05) is 33.6 Å². The summed E-state index contributed by atoms with van der Waals surface area (Å²) in [6.45, 7) is 2.24. The Morgan fingerprint density at radius 2 is 1.95 bits per heavy atom. The summed E-state index contributed by atoms with van der Waals surface area (Å²) in [5.41, 5.74) is 1.22. The molecule has 0 aliphatic heterocycles. The Morgan fingerprint density at radius 3 is 2.58 bits per heavy atom. The van der Waals surface area contributed by atoms with Crippen LogP contribution in [-0.2, 0) is 0 Å². The summed E-state index contributed by atoms with van der Waals surface area (Å²) in [7, 11) is 0. The van der Waals surface area contributed by atoms with E-state index in [4.69, 9.17) is 11.6 Å². The Bertz CT molecular complexity index is 501. The number of nitrogens with one attached hydrogen (secondary N) is 1. The Balaban J connectivity index is 1.46. The fourth-order valence-electron chi connectivity index (χ4n) is 4.78. The van der Waals surface area contributed by atoms with Gasteiger partial charge in [0.2, 0.25) is 0 Å². The Labute approximate surface area is 128 Å². The van der Waals surface area contributed by atoms with Crippen molar-refractivity contribution in [2.45, 2.75) is 38.3 Å². The van der Waals surface area contributed by atoms with Gasteiger partial charge in [0.15, 0.2) is 0 Å². The lowest BCUT2D eigenvalue weighted by molar-refractivity contribution is 0.433. The molecule has 0 amide bonds. The molecule has 1 aromatic carbocycles. The van der Waals surface area contributed by atoms with Crippen LogP contribution in [0.5, 0.6) is 0 Å². The van der Waals surface area contributed by atoms with E-state index in [1.54, 1.807) is 0 Å². The van der Waals surface area contributed by atoms with Crippen LogP contribution >= 0.6 is 27.5 Å². The summed E-state index contributed by atoms with van der Waals surface area (Å²) in [6.07, 6.45) is 4.48. The third kappa shape index (κ3) is 1.99. The number of hydrogen-bond acceptors (Lipinski definition) is 1. The molecule has 5 atom stereocenters. The fraction of sp³-hybridized carbons (Fsp3) is 0.625. The lowest BCUT2D eigenvalue weighted by Gasteiger charge is -2.18. The molecule has 102 valence electrons. The summed E-state index contributed by atoms with van der Waals surface area (Å²) in [4.78, 5) is 0. The predicted octanol–water partition coefficient (Wildman–Crippen LogP) is 4.80. The first-order valence-corrected chi connectivity index (χ1v) is 8.53. The first-order valence-electron chi connectivity index (χ1n) is 7.36. The minimum atomic E-state index is 0.357. The smallest absolute Gasteiger partial charge is 0.0464 e. The van der Waals surface area contributed by atoms with E-state index >= 15 is 0 Å². The second-order valence-corrected chi connectivity index (χ2v) is 7.89. The van der Waals surface area contributed by atoms with Crippen LogP contribution in [0, 0.1) is 23.7 Å². The molecule has 0 saturated heterocycles. The summed E-state index contributed by atoms with van der Waals surface area (Å²) < 4.78 is 1.05. The highest BCUT2D eigenvalue weighted by Crippen LogP contribution is 2.65. The zero-order valence-corrected chi connectivity index (χ0v) is 13.4. The summed E-state index contributed by atoms with van der Waals surface area (Å²) in [5, 5.41) is 4.70. The van der Waals surface area contributed by atoms with Crippen molar-refractivity contribution in [3.05, 3.63) is 33.3 Å². The third-order valence-corrected chi connectivity index (χ3v) is 6.43. The molecular weight excluding hydrogens is 322 g/mol. The average Bonchev–Trinajstić information content (AvgIpc) is 2.78. The van der Waals surface area contributed by atoms with Crippen LogP contribution < -0.4 is 5.32 Å². The van der Waals surface area contributed by atoms with E-state index in [0.717, 1.165) is 39.2 Å². The van der Waals surface area contributed by atoms with Gasteiger partial charge in [-0.2, -0.15) is 0 Å². The minimum Gasteiger partial charge on any atom is -0.307 e. The molecule has 3 aliphatic rings. The predicted molar refractivity (Wildman–Crippen MR) is 82.3 cm³/mol. The molecule has 2 bridgehead atoms. The van der Waals surface area contributed by atoms with Crippen molar-refractivity contribution >= 4 is 27.5 Å². The first kappa shape index (κ1) is 12.7. The van der Waals surface area contributed by atoms with Gasteiger partial charge in [-0.3, -0.25) is 0 Å². The van der Waals surface area contributed by atoms with Gasteiger partial charge in [0.05, 0.1) is 0 Å². The first-order chi connectivity index (χ1) is 9.15. The molecular formula is C16H19BrClN. The van der Waals surface area contributed by atoms with Crippen LogP contribution in [-0.4, -0.2) is 6.04 Å². The number of rotatable bonds is 3. The van der Waals surface area contributed by atoms with Crippen LogP contribution in [0.4, 0.5) is 0 Å². The number of halogens is 2. The lowest BCUT2D eigenvalue weighted by atomic mass is 10.0. The van der Waals surface area contributed by atoms with Crippen LogP contribution in [0.15, 0.2) is 22.7 Å². The molecule has 1 nitrogen and oxygen atoms in total. The van der Waals surface area contributed by atoms with E-state index in [-0.39, 0.29) is 0 Å². The quantitative estimate of drug-likeness (QED) is 0.833. The largest absolute Gasteiger partial charge is 0.307 e. The monoisotopic (exact) mass is 339 g/mol. The zero-order chi connectivity index (χ0) is 13.1. The SMILES string of the molecule is CC(NC1C2C3CCC(C3)C12)c1ccc(Br)cc1Cl. The lowest BCUT2D eigenvalue weighted by Crippen LogP contribution is -2.26. The van der Waals surface area contributed by atoms with E-state index < -0.39 is 0 Å². The number of hydrogen-bond donors (Lipinski definition) is 1.